The summed E-state index contributed by atoms with van der Waals surface area (Å²) in [6.07, 6.45) is 1.15. The Morgan fingerprint density at radius 3 is 2.82 bits per heavy atom. The molecule has 1 aliphatic rings. The van der Waals surface area contributed by atoms with Gasteiger partial charge in [-0.2, -0.15) is 0 Å². The lowest BCUT2D eigenvalue weighted by Gasteiger charge is -2.08. The maximum absolute atomic E-state index is 5.99. The maximum Gasteiger partial charge on any atom is 0.0326 e. The minimum atomic E-state index is 0.270. The molecular formula is C10H13N. The van der Waals surface area contributed by atoms with Gasteiger partial charge < -0.3 is 5.73 Å². The second kappa shape index (κ2) is 2.35. The molecule has 2 N–H and O–H groups in total. The third-order valence-corrected chi connectivity index (χ3v) is 2.57. The first-order valence-electron chi connectivity index (χ1n) is 4.12. The molecule has 58 valence electrons. The SMILES string of the molecule is C[C@H]1Cc2ccccc2[C@H]1N. The Bertz CT molecular complexity index is 267. The second-order valence-corrected chi connectivity index (χ2v) is 3.41. The largest absolute Gasteiger partial charge is 0.324 e. The summed E-state index contributed by atoms with van der Waals surface area (Å²) in [4.78, 5) is 0. The van der Waals surface area contributed by atoms with Gasteiger partial charge in [0.2, 0.25) is 0 Å². The summed E-state index contributed by atoms with van der Waals surface area (Å²) < 4.78 is 0. The Labute approximate surface area is 67.2 Å². The molecule has 1 aromatic carbocycles. The molecule has 1 aromatic rings. The predicted octanol–water partition coefficient (Wildman–Crippen LogP) is 1.88. The van der Waals surface area contributed by atoms with E-state index in [1.54, 1.807) is 0 Å². The number of hydrogen-bond acceptors (Lipinski definition) is 1. The van der Waals surface area contributed by atoms with E-state index < -0.39 is 0 Å². The van der Waals surface area contributed by atoms with Gasteiger partial charge in [-0.15, -0.1) is 0 Å². The van der Waals surface area contributed by atoms with Crippen molar-refractivity contribution in [1.82, 2.24) is 0 Å². The Morgan fingerprint density at radius 2 is 2.09 bits per heavy atom. The molecule has 0 saturated carbocycles. The number of rotatable bonds is 0. The van der Waals surface area contributed by atoms with Crippen molar-refractivity contribution in [1.29, 1.82) is 0 Å². The van der Waals surface area contributed by atoms with Crippen LogP contribution in [0.5, 0.6) is 0 Å². The lowest BCUT2D eigenvalue weighted by atomic mass is 10.0. The van der Waals surface area contributed by atoms with E-state index in [0.717, 1.165) is 6.42 Å². The van der Waals surface area contributed by atoms with Gasteiger partial charge >= 0.3 is 0 Å². The van der Waals surface area contributed by atoms with Crippen LogP contribution in [0.1, 0.15) is 24.1 Å². The van der Waals surface area contributed by atoms with Crippen molar-refractivity contribution in [3.05, 3.63) is 35.4 Å². The van der Waals surface area contributed by atoms with Crippen LogP contribution in [0.25, 0.3) is 0 Å². The van der Waals surface area contributed by atoms with Gasteiger partial charge in [-0.3, -0.25) is 0 Å². The molecule has 0 spiro atoms. The Hall–Kier alpha value is -0.820. The molecule has 1 nitrogen and oxygen atoms in total. The summed E-state index contributed by atoms with van der Waals surface area (Å²) in [6, 6.07) is 8.74. The molecule has 0 amide bonds. The van der Waals surface area contributed by atoms with Gasteiger partial charge in [-0.25, -0.2) is 0 Å². The summed E-state index contributed by atoms with van der Waals surface area (Å²) in [5.41, 5.74) is 8.77. The monoisotopic (exact) mass is 147 g/mol. The highest BCUT2D eigenvalue weighted by molar-refractivity contribution is 5.34. The van der Waals surface area contributed by atoms with Crippen molar-refractivity contribution in [3.8, 4) is 0 Å². The van der Waals surface area contributed by atoms with Gasteiger partial charge in [-0.1, -0.05) is 31.2 Å². The molecule has 1 aliphatic carbocycles. The van der Waals surface area contributed by atoms with Gasteiger partial charge in [-0.05, 0) is 23.5 Å². The number of fused-ring (bicyclic) bond motifs is 1. The van der Waals surface area contributed by atoms with Gasteiger partial charge in [0.25, 0.3) is 0 Å². The van der Waals surface area contributed by atoms with Crippen LogP contribution in [-0.4, -0.2) is 0 Å². The van der Waals surface area contributed by atoms with Crippen LogP contribution in [0.2, 0.25) is 0 Å². The third kappa shape index (κ3) is 0.962. The van der Waals surface area contributed by atoms with Gasteiger partial charge in [0.15, 0.2) is 0 Å². The van der Waals surface area contributed by atoms with Crippen molar-refractivity contribution in [2.45, 2.75) is 19.4 Å². The number of nitrogens with two attached hydrogens (primary N) is 1. The molecule has 0 aromatic heterocycles. The zero-order valence-electron chi connectivity index (χ0n) is 6.75. The first-order chi connectivity index (χ1) is 5.29. The molecule has 0 bridgehead atoms. The molecule has 0 unspecified atom stereocenters. The van der Waals surface area contributed by atoms with Crippen molar-refractivity contribution < 1.29 is 0 Å². The van der Waals surface area contributed by atoms with Crippen molar-refractivity contribution in [3.63, 3.8) is 0 Å². The molecule has 2 atom stereocenters. The fourth-order valence-electron chi connectivity index (χ4n) is 1.83. The van der Waals surface area contributed by atoms with E-state index in [1.165, 1.54) is 11.1 Å². The Balaban J connectivity index is 2.47. The molecule has 0 fully saturated rings. The summed E-state index contributed by atoms with van der Waals surface area (Å²) >= 11 is 0. The summed E-state index contributed by atoms with van der Waals surface area (Å²) in [7, 11) is 0. The zero-order valence-corrected chi connectivity index (χ0v) is 6.75. The van der Waals surface area contributed by atoms with E-state index in [2.05, 4.69) is 31.2 Å². The molecule has 2 rings (SSSR count). The molecule has 1 heteroatoms. The maximum atomic E-state index is 5.99. The second-order valence-electron chi connectivity index (χ2n) is 3.41. The summed E-state index contributed by atoms with van der Waals surface area (Å²) in [5.74, 6) is 0.618. The highest BCUT2D eigenvalue weighted by Crippen LogP contribution is 2.33. The standard InChI is InChI=1S/C10H13N/c1-7-6-8-4-2-3-5-9(8)10(7)11/h2-5,7,10H,6,11H2,1H3/t7-,10-/m0/s1. The normalized spacial score (nSPS) is 28.5. The molecular weight excluding hydrogens is 134 g/mol. The van der Waals surface area contributed by atoms with E-state index in [9.17, 15) is 0 Å². The Kier molecular flexibility index (Phi) is 1.46. The van der Waals surface area contributed by atoms with Crippen LogP contribution in [-0.2, 0) is 6.42 Å². The van der Waals surface area contributed by atoms with Crippen LogP contribution < -0.4 is 5.73 Å². The fourth-order valence-corrected chi connectivity index (χ4v) is 1.83. The van der Waals surface area contributed by atoms with E-state index in [1.807, 2.05) is 0 Å². The first-order valence-corrected chi connectivity index (χ1v) is 4.12. The average Bonchev–Trinajstić information content (AvgIpc) is 2.30. The summed E-state index contributed by atoms with van der Waals surface area (Å²) in [6.45, 7) is 2.21. The van der Waals surface area contributed by atoms with E-state index in [0.29, 0.717) is 5.92 Å². The molecule has 0 aliphatic heterocycles. The van der Waals surface area contributed by atoms with E-state index in [-0.39, 0.29) is 6.04 Å². The van der Waals surface area contributed by atoms with Crippen LogP contribution in [0.4, 0.5) is 0 Å². The van der Waals surface area contributed by atoms with Crippen molar-refractivity contribution in [2.24, 2.45) is 11.7 Å². The number of benzene rings is 1. The highest BCUT2D eigenvalue weighted by atomic mass is 14.7. The smallest absolute Gasteiger partial charge is 0.0326 e. The fraction of sp³-hybridized carbons (Fsp3) is 0.400. The van der Waals surface area contributed by atoms with Crippen LogP contribution in [0.15, 0.2) is 24.3 Å². The van der Waals surface area contributed by atoms with E-state index in [4.69, 9.17) is 5.73 Å². The minimum Gasteiger partial charge on any atom is -0.324 e. The molecule has 11 heavy (non-hydrogen) atoms. The van der Waals surface area contributed by atoms with Crippen LogP contribution in [0.3, 0.4) is 0 Å². The third-order valence-electron chi connectivity index (χ3n) is 2.57. The lowest BCUT2D eigenvalue weighted by Crippen LogP contribution is -2.13. The van der Waals surface area contributed by atoms with Gasteiger partial charge in [0.05, 0.1) is 0 Å². The van der Waals surface area contributed by atoms with Crippen molar-refractivity contribution >= 4 is 0 Å². The van der Waals surface area contributed by atoms with Crippen LogP contribution in [0, 0.1) is 5.92 Å². The van der Waals surface area contributed by atoms with Crippen molar-refractivity contribution in [2.75, 3.05) is 0 Å². The summed E-state index contributed by atoms with van der Waals surface area (Å²) in [5, 5.41) is 0. The van der Waals surface area contributed by atoms with Crippen LogP contribution >= 0.6 is 0 Å². The Morgan fingerprint density at radius 1 is 1.36 bits per heavy atom. The number of hydrogen-bond donors (Lipinski definition) is 1. The topological polar surface area (TPSA) is 26.0 Å². The highest BCUT2D eigenvalue weighted by Gasteiger charge is 2.24. The zero-order chi connectivity index (χ0) is 7.84. The minimum absolute atomic E-state index is 0.270. The quantitative estimate of drug-likeness (QED) is 0.595. The van der Waals surface area contributed by atoms with E-state index >= 15 is 0 Å². The van der Waals surface area contributed by atoms with Gasteiger partial charge in [0.1, 0.15) is 0 Å². The first kappa shape index (κ1) is 6.86. The molecule has 0 saturated heterocycles. The average molecular weight is 147 g/mol. The molecule has 0 heterocycles. The molecule has 0 radical (unpaired) electrons. The van der Waals surface area contributed by atoms with Gasteiger partial charge in [0, 0.05) is 6.04 Å². The lowest BCUT2D eigenvalue weighted by molar-refractivity contribution is 0.513. The predicted molar refractivity (Wildman–Crippen MR) is 46.2 cm³/mol.